The molecule has 1 aliphatic heterocycles. The van der Waals surface area contributed by atoms with Crippen LogP contribution in [0.15, 0.2) is 65.5 Å². The van der Waals surface area contributed by atoms with Crippen LogP contribution in [-0.4, -0.2) is 19.9 Å². The molecule has 2 aromatic rings. The molecule has 112 valence electrons. The first-order chi connectivity index (χ1) is 10.8. The Morgan fingerprint density at radius 1 is 1.18 bits per heavy atom. The zero-order chi connectivity index (χ0) is 15.4. The van der Waals surface area contributed by atoms with E-state index in [-0.39, 0.29) is 0 Å². The maximum atomic E-state index is 5.89. The van der Waals surface area contributed by atoms with E-state index in [4.69, 9.17) is 9.47 Å². The van der Waals surface area contributed by atoms with Gasteiger partial charge in [-0.1, -0.05) is 18.2 Å². The number of methoxy groups -OCH3 is 1. The van der Waals surface area contributed by atoms with Crippen molar-refractivity contribution in [2.45, 2.75) is 6.92 Å². The van der Waals surface area contributed by atoms with Gasteiger partial charge in [0.05, 0.1) is 18.5 Å². The Morgan fingerprint density at radius 3 is 2.73 bits per heavy atom. The molecule has 0 amide bonds. The number of benzene rings is 2. The largest absolute Gasteiger partial charge is 0.497 e. The van der Waals surface area contributed by atoms with Crippen molar-refractivity contribution in [3.05, 3.63) is 60.5 Å². The van der Waals surface area contributed by atoms with Crippen LogP contribution >= 0.6 is 0 Å². The molecule has 0 fully saturated rings. The van der Waals surface area contributed by atoms with Gasteiger partial charge in [0.25, 0.3) is 0 Å². The summed E-state index contributed by atoms with van der Waals surface area (Å²) in [6.45, 7) is 2.89. The molecule has 3 rings (SSSR count). The number of hydrogen-bond donors (Lipinski definition) is 0. The third-order valence-corrected chi connectivity index (χ3v) is 3.45. The van der Waals surface area contributed by atoms with E-state index in [2.05, 4.69) is 16.8 Å². The van der Waals surface area contributed by atoms with E-state index >= 15 is 0 Å². The van der Waals surface area contributed by atoms with Crippen LogP contribution in [0, 0.1) is 0 Å². The summed E-state index contributed by atoms with van der Waals surface area (Å²) in [5.41, 5.74) is 1.93. The van der Waals surface area contributed by atoms with Gasteiger partial charge in [-0.15, -0.1) is 0 Å². The summed E-state index contributed by atoms with van der Waals surface area (Å²) < 4.78 is 11.2. The normalized spacial score (nSPS) is 15.2. The standard InChI is InChI=1S/C18H18N2O2/c1-3-20-16-13-15(21-2)9-10-17(16)22-18(20)11-12-19-14-7-5-4-6-8-14/h4-13H,3H2,1-2H3/b18-11-,19-12?. The van der Waals surface area contributed by atoms with Gasteiger partial charge in [-0.25, -0.2) is 0 Å². The Kier molecular flexibility index (Phi) is 4.10. The second kappa shape index (κ2) is 6.35. The van der Waals surface area contributed by atoms with E-state index in [1.54, 1.807) is 13.3 Å². The number of rotatable bonds is 4. The second-order valence-electron chi connectivity index (χ2n) is 4.80. The second-order valence-corrected chi connectivity index (χ2v) is 4.80. The van der Waals surface area contributed by atoms with Crippen molar-refractivity contribution in [1.82, 2.24) is 0 Å². The van der Waals surface area contributed by atoms with Gasteiger partial charge in [0.1, 0.15) is 5.75 Å². The van der Waals surface area contributed by atoms with Gasteiger partial charge in [-0.05, 0) is 31.2 Å². The van der Waals surface area contributed by atoms with Crippen molar-refractivity contribution in [1.29, 1.82) is 0 Å². The molecule has 0 saturated heterocycles. The van der Waals surface area contributed by atoms with Crippen molar-refractivity contribution in [2.24, 2.45) is 4.99 Å². The summed E-state index contributed by atoms with van der Waals surface area (Å²) in [7, 11) is 1.66. The van der Waals surface area contributed by atoms with Crippen LogP contribution in [-0.2, 0) is 0 Å². The number of aliphatic imine (C=N–C) groups is 1. The van der Waals surface area contributed by atoms with Gasteiger partial charge in [0, 0.05) is 24.9 Å². The molecule has 4 nitrogen and oxygen atoms in total. The maximum absolute atomic E-state index is 5.89. The topological polar surface area (TPSA) is 34.1 Å². The lowest BCUT2D eigenvalue weighted by atomic mass is 10.2. The van der Waals surface area contributed by atoms with Gasteiger partial charge in [-0.3, -0.25) is 4.99 Å². The molecule has 0 bridgehead atoms. The third-order valence-electron chi connectivity index (χ3n) is 3.45. The molecule has 22 heavy (non-hydrogen) atoms. The highest BCUT2D eigenvalue weighted by molar-refractivity contribution is 5.78. The van der Waals surface area contributed by atoms with E-state index in [9.17, 15) is 0 Å². The molecule has 0 saturated carbocycles. The molecular formula is C18H18N2O2. The summed E-state index contributed by atoms with van der Waals surface area (Å²) in [6.07, 6.45) is 3.64. The summed E-state index contributed by atoms with van der Waals surface area (Å²) >= 11 is 0. The predicted octanol–water partition coefficient (Wildman–Crippen LogP) is 4.16. The van der Waals surface area contributed by atoms with Crippen molar-refractivity contribution in [3.63, 3.8) is 0 Å². The molecule has 4 heteroatoms. The van der Waals surface area contributed by atoms with E-state index < -0.39 is 0 Å². The fourth-order valence-corrected chi connectivity index (χ4v) is 2.36. The monoisotopic (exact) mass is 294 g/mol. The summed E-state index contributed by atoms with van der Waals surface area (Å²) in [6, 6.07) is 15.6. The predicted molar refractivity (Wildman–Crippen MR) is 89.3 cm³/mol. The molecule has 0 aliphatic carbocycles. The SMILES string of the molecule is CCN1/C(=C/C=Nc2ccccc2)Oc2ccc(OC)cc21. The Labute approximate surface area is 130 Å². The maximum Gasteiger partial charge on any atom is 0.202 e. The zero-order valence-electron chi connectivity index (χ0n) is 12.7. The molecule has 0 N–H and O–H groups in total. The summed E-state index contributed by atoms with van der Waals surface area (Å²) in [4.78, 5) is 6.49. The Morgan fingerprint density at radius 2 is 2.00 bits per heavy atom. The third kappa shape index (κ3) is 2.81. The first kappa shape index (κ1) is 14.2. The molecule has 1 aliphatic rings. The lowest BCUT2D eigenvalue weighted by Crippen LogP contribution is -2.19. The molecule has 2 aromatic carbocycles. The molecule has 1 heterocycles. The van der Waals surface area contributed by atoms with Crippen molar-refractivity contribution < 1.29 is 9.47 Å². The van der Waals surface area contributed by atoms with Gasteiger partial charge >= 0.3 is 0 Å². The fraction of sp³-hybridized carbons (Fsp3) is 0.167. The number of para-hydroxylation sites is 1. The molecular weight excluding hydrogens is 276 g/mol. The van der Waals surface area contributed by atoms with Crippen LogP contribution in [0.2, 0.25) is 0 Å². The number of fused-ring (bicyclic) bond motifs is 1. The Balaban J connectivity index is 1.83. The van der Waals surface area contributed by atoms with Crippen molar-refractivity contribution in [3.8, 4) is 11.5 Å². The van der Waals surface area contributed by atoms with Gasteiger partial charge in [0.2, 0.25) is 5.88 Å². The average Bonchev–Trinajstić information content (AvgIpc) is 2.92. The van der Waals surface area contributed by atoms with Crippen LogP contribution in [0.5, 0.6) is 11.5 Å². The zero-order valence-corrected chi connectivity index (χ0v) is 12.7. The van der Waals surface area contributed by atoms with E-state index in [0.29, 0.717) is 0 Å². The van der Waals surface area contributed by atoms with Crippen LogP contribution in [0.4, 0.5) is 11.4 Å². The van der Waals surface area contributed by atoms with Gasteiger partial charge in [0.15, 0.2) is 5.75 Å². The average molecular weight is 294 g/mol. The lowest BCUT2D eigenvalue weighted by molar-refractivity contribution is 0.413. The van der Waals surface area contributed by atoms with Crippen LogP contribution in [0.25, 0.3) is 0 Å². The highest BCUT2D eigenvalue weighted by Crippen LogP contribution is 2.40. The Bertz CT molecular complexity index is 708. The highest BCUT2D eigenvalue weighted by atomic mass is 16.5. The quantitative estimate of drug-likeness (QED) is 0.794. The van der Waals surface area contributed by atoms with E-state index in [0.717, 1.165) is 35.3 Å². The van der Waals surface area contributed by atoms with Crippen LogP contribution < -0.4 is 14.4 Å². The molecule has 0 spiro atoms. The molecule has 0 aromatic heterocycles. The van der Waals surface area contributed by atoms with Crippen molar-refractivity contribution >= 4 is 17.6 Å². The molecule has 0 unspecified atom stereocenters. The van der Waals surface area contributed by atoms with Crippen LogP contribution in [0.3, 0.4) is 0 Å². The summed E-state index contributed by atoms with van der Waals surface area (Å²) in [5, 5.41) is 0. The Hall–Kier alpha value is -2.75. The molecule has 0 atom stereocenters. The van der Waals surface area contributed by atoms with E-state index in [1.165, 1.54) is 0 Å². The van der Waals surface area contributed by atoms with Gasteiger partial charge < -0.3 is 14.4 Å². The lowest BCUT2D eigenvalue weighted by Gasteiger charge is -2.15. The number of hydrogen-bond acceptors (Lipinski definition) is 4. The highest BCUT2D eigenvalue weighted by Gasteiger charge is 2.25. The number of anilines is 1. The minimum atomic E-state index is 0.769. The minimum absolute atomic E-state index is 0.769. The van der Waals surface area contributed by atoms with Crippen molar-refractivity contribution in [2.75, 3.05) is 18.6 Å². The van der Waals surface area contributed by atoms with Gasteiger partial charge in [-0.2, -0.15) is 0 Å². The molecule has 0 radical (unpaired) electrons. The smallest absolute Gasteiger partial charge is 0.202 e. The first-order valence-corrected chi connectivity index (χ1v) is 7.24. The summed E-state index contributed by atoms with van der Waals surface area (Å²) in [5.74, 6) is 2.42. The fourth-order valence-electron chi connectivity index (χ4n) is 2.36. The minimum Gasteiger partial charge on any atom is -0.497 e. The number of allylic oxidation sites excluding steroid dienone is 1. The first-order valence-electron chi connectivity index (χ1n) is 7.24. The van der Waals surface area contributed by atoms with Crippen LogP contribution in [0.1, 0.15) is 6.92 Å². The number of nitrogens with zero attached hydrogens (tertiary/aromatic N) is 2. The van der Waals surface area contributed by atoms with E-state index in [1.807, 2.05) is 54.6 Å². The number of ether oxygens (including phenoxy) is 2.